The number of nitrogens with zero attached hydrogens (tertiary/aromatic N) is 1. The highest BCUT2D eigenvalue weighted by Gasteiger charge is 2.52. The summed E-state index contributed by atoms with van der Waals surface area (Å²) in [5.74, 6) is -0.146. The maximum absolute atomic E-state index is 12.2. The van der Waals surface area contributed by atoms with Gasteiger partial charge in [0, 0.05) is 6.04 Å². The third kappa shape index (κ3) is 2.36. The monoisotopic (exact) mass is 289 g/mol. The molecule has 3 atom stereocenters. The Kier molecular flexibility index (Phi) is 3.76. The first-order valence-corrected chi connectivity index (χ1v) is 7.58. The quantitative estimate of drug-likeness (QED) is 0.802. The van der Waals surface area contributed by atoms with Gasteiger partial charge in [0.05, 0.1) is 25.2 Å². The first kappa shape index (κ1) is 14.5. The summed E-state index contributed by atoms with van der Waals surface area (Å²) in [5.41, 5.74) is 0.733. The van der Waals surface area contributed by atoms with Crippen molar-refractivity contribution < 1.29 is 14.3 Å². The molecule has 0 amide bonds. The Hall–Kier alpha value is -1.39. The number of hydrogen-bond acceptors (Lipinski definition) is 4. The van der Waals surface area contributed by atoms with Gasteiger partial charge in [-0.1, -0.05) is 30.3 Å². The van der Waals surface area contributed by atoms with Gasteiger partial charge in [0.25, 0.3) is 0 Å². The predicted molar refractivity (Wildman–Crippen MR) is 79.6 cm³/mol. The van der Waals surface area contributed by atoms with Gasteiger partial charge in [0.15, 0.2) is 0 Å². The molecule has 4 heteroatoms. The van der Waals surface area contributed by atoms with E-state index < -0.39 is 5.41 Å². The molecule has 1 aromatic carbocycles. The molecular formula is C17H23NO3. The van der Waals surface area contributed by atoms with Crippen LogP contribution < -0.4 is 0 Å². The molecule has 3 rings (SSSR count). The number of carbonyl (C=O) groups excluding carboxylic acids is 1. The molecule has 4 nitrogen and oxygen atoms in total. The summed E-state index contributed by atoms with van der Waals surface area (Å²) in [4.78, 5) is 14.5. The van der Waals surface area contributed by atoms with Gasteiger partial charge in [-0.15, -0.1) is 0 Å². The number of hydrogen-bond donors (Lipinski definition) is 0. The molecule has 0 saturated carbocycles. The molecule has 0 aromatic heterocycles. The molecule has 1 aromatic rings. The van der Waals surface area contributed by atoms with Gasteiger partial charge in [-0.05, 0) is 32.3 Å². The number of ether oxygens (including phenoxy) is 2. The second-order valence-corrected chi connectivity index (χ2v) is 6.47. The molecule has 21 heavy (non-hydrogen) atoms. The van der Waals surface area contributed by atoms with Crippen molar-refractivity contribution in [1.82, 2.24) is 4.90 Å². The lowest BCUT2D eigenvalue weighted by Crippen LogP contribution is -2.47. The summed E-state index contributed by atoms with van der Waals surface area (Å²) < 4.78 is 11.0. The molecule has 0 aliphatic carbocycles. The highest BCUT2D eigenvalue weighted by Crippen LogP contribution is 2.46. The van der Waals surface area contributed by atoms with Crippen LogP contribution in [0.2, 0.25) is 0 Å². The summed E-state index contributed by atoms with van der Waals surface area (Å²) in [5, 5.41) is 0. The highest BCUT2D eigenvalue weighted by atomic mass is 16.5. The van der Waals surface area contributed by atoms with Gasteiger partial charge in [-0.2, -0.15) is 0 Å². The summed E-state index contributed by atoms with van der Waals surface area (Å²) in [7, 11) is 1.46. The van der Waals surface area contributed by atoms with Crippen LogP contribution in [0.15, 0.2) is 30.3 Å². The molecule has 2 aliphatic heterocycles. The SMILES string of the molecule is COC(=O)C(C)(C)C1CC[C@H]2OC[C@H](c3ccccc3)N12. The summed E-state index contributed by atoms with van der Waals surface area (Å²) in [6, 6.07) is 10.8. The molecule has 1 unspecified atom stereocenters. The molecule has 2 heterocycles. The molecular weight excluding hydrogens is 266 g/mol. The van der Waals surface area contributed by atoms with E-state index in [1.54, 1.807) is 0 Å². The first-order chi connectivity index (χ1) is 10.1. The van der Waals surface area contributed by atoms with Crippen LogP contribution in [-0.4, -0.2) is 36.9 Å². The number of esters is 1. The zero-order valence-corrected chi connectivity index (χ0v) is 12.9. The largest absolute Gasteiger partial charge is 0.469 e. The van der Waals surface area contributed by atoms with Crippen LogP contribution in [0.1, 0.15) is 38.3 Å². The fraction of sp³-hybridized carbons (Fsp3) is 0.588. The van der Waals surface area contributed by atoms with Gasteiger partial charge >= 0.3 is 5.97 Å². The van der Waals surface area contributed by atoms with Gasteiger partial charge < -0.3 is 9.47 Å². The molecule has 0 spiro atoms. The minimum absolute atomic E-state index is 0.129. The van der Waals surface area contributed by atoms with Crippen molar-refractivity contribution in [3.63, 3.8) is 0 Å². The van der Waals surface area contributed by atoms with Crippen LogP contribution in [0.3, 0.4) is 0 Å². The second-order valence-electron chi connectivity index (χ2n) is 6.47. The Morgan fingerprint density at radius 2 is 2.00 bits per heavy atom. The summed E-state index contributed by atoms with van der Waals surface area (Å²) in [6.07, 6.45) is 2.08. The topological polar surface area (TPSA) is 38.8 Å². The van der Waals surface area contributed by atoms with Crippen molar-refractivity contribution >= 4 is 5.97 Å². The van der Waals surface area contributed by atoms with Crippen molar-refractivity contribution in [3.8, 4) is 0 Å². The maximum atomic E-state index is 12.2. The third-order valence-electron chi connectivity index (χ3n) is 4.91. The van der Waals surface area contributed by atoms with E-state index in [9.17, 15) is 4.79 Å². The van der Waals surface area contributed by atoms with Gasteiger partial charge in [0.1, 0.15) is 6.23 Å². The Morgan fingerprint density at radius 1 is 1.29 bits per heavy atom. The lowest BCUT2D eigenvalue weighted by Gasteiger charge is -2.37. The Labute approximate surface area is 126 Å². The lowest BCUT2D eigenvalue weighted by molar-refractivity contribution is -0.155. The van der Waals surface area contributed by atoms with E-state index in [4.69, 9.17) is 9.47 Å². The van der Waals surface area contributed by atoms with Crippen molar-refractivity contribution in [2.45, 2.75) is 45.0 Å². The van der Waals surface area contributed by atoms with E-state index in [0.29, 0.717) is 6.61 Å². The predicted octanol–water partition coefficient (Wildman–Crippen LogP) is 2.75. The van der Waals surface area contributed by atoms with E-state index in [1.165, 1.54) is 12.7 Å². The summed E-state index contributed by atoms with van der Waals surface area (Å²) in [6.45, 7) is 4.65. The molecule has 0 bridgehead atoms. The third-order valence-corrected chi connectivity index (χ3v) is 4.91. The standard InChI is InChI=1S/C17H23NO3/c1-17(2,16(19)20-3)14-9-10-15-18(14)13(11-21-15)12-7-5-4-6-8-12/h4-8,13-15H,9-11H2,1-3H3/t13-,14?,15-/m1/s1. The zero-order valence-electron chi connectivity index (χ0n) is 12.9. The molecule has 2 saturated heterocycles. The van der Waals surface area contributed by atoms with Crippen molar-refractivity contribution in [2.24, 2.45) is 5.41 Å². The molecule has 0 N–H and O–H groups in total. The van der Waals surface area contributed by atoms with Crippen LogP contribution in [-0.2, 0) is 14.3 Å². The minimum Gasteiger partial charge on any atom is -0.469 e. The summed E-state index contributed by atoms with van der Waals surface area (Å²) >= 11 is 0. The lowest BCUT2D eigenvalue weighted by atomic mass is 9.82. The van der Waals surface area contributed by atoms with Crippen molar-refractivity contribution in [1.29, 1.82) is 0 Å². The van der Waals surface area contributed by atoms with Crippen LogP contribution in [0, 0.1) is 5.41 Å². The van der Waals surface area contributed by atoms with E-state index in [2.05, 4.69) is 29.2 Å². The van der Waals surface area contributed by atoms with E-state index in [-0.39, 0.29) is 24.3 Å². The fourth-order valence-electron chi connectivity index (χ4n) is 3.75. The average molecular weight is 289 g/mol. The number of benzene rings is 1. The molecule has 114 valence electrons. The van der Waals surface area contributed by atoms with E-state index >= 15 is 0 Å². The molecule has 2 aliphatic rings. The van der Waals surface area contributed by atoms with Gasteiger partial charge in [0.2, 0.25) is 0 Å². The maximum Gasteiger partial charge on any atom is 0.312 e. The van der Waals surface area contributed by atoms with Crippen LogP contribution in [0.25, 0.3) is 0 Å². The molecule has 2 fully saturated rings. The minimum atomic E-state index is -0.524. The highest BCUT2D eigenvalue weighted by molar-refractivity contribution is 5.76. The molecule has 0 radical (unpaired) electrons. The number of rotatable bonds is 3. The van der Waals surface area contributed by atoms with Crippen molar-refractivity contribution in [2.75, 3.05) is 13.7 Å². The Balaban J connectivity index is 1.89. The zero-order chi connectivity index (χ0) is 15.0. The van der Waals surface area contributed by atoms with Crippen LogP contribution >= 0.6 is 0 Å². The number of methoxy groups -OCH3 is 1. The number of carbonyl (C=O) groups is 1. The average Bonchev–Trinajstić information content (AvgIpc) is 3.08. The normalized spacial score (nSPS) is 29.4. The van der Waals surface area contributed by atoms with Crippen molar-refractivity contribution in [3.05, 3.63) is 35.9 Å². The van der Waals surface area contributed by atoms with E-state index in [1.807, 2.05) is 19.9 Å². The number of fused-ring (bicyclic) bond motifs is 1. The Morgan fingerprint density at radius 3 is 2.67 bits per heavy atom. The fourth-order valence-corrected chi connectivity index (χ4v) is 3.75. The Bertz CT molecular complexity index is 514. The van der Waals surface area contributed by atoms with Crippen LogP contribution in [0.5, 0.6) is 0 Å². The second kappa shape index (κ2) is 5.43. The van der Waals surface area contributed by atoms with Gasteiger partial charge in [-0.3, -0.25) is 9.69 Å². The first-order valence-electron chi connectivity index (χ1n) is 7.58. The smallest absolute Gasteiger partial charge is 0.312 e. The van der Waals surface area contributed by atoms with Crippen LogP contribution in [0.4, 0.5) is 0 Å². The van der Waals surface area contributed by atoms with Gasteiger partial charge in [-0.25, -0.2) is 0 Å². The van der Waals surface area contributed by atoms with E-state index in [0.717, 1.165) is 12.8 Å².